The molecule has 22 heavy (non-hydrogen) atoms. The van der Waals surface area contributed by atoms with Crippen molar-refractivity contribution >= 4 is 17.5 Å². The number of hydrogen-bond acceptors (Lipinski definition) is 4. The number of rotatable bonds is 4. The molecule has 2 rings (SSSR count). The van der Waals surface area contributed by atoms with Crippen molar-refractivity contribution in [2.75, 3.05) is 39.2 Å². The van der Waals surface area contributed by atoms with Crippen molar-refractivity contribution in [2.45, 2.75) is 12.5 Å². The molecule has 1 heterocycles. The van der Waals surface area contributed by atoms with Crippen LogP contribution in [0.2, 0.25) is 0 Å². The highest BCUT2D eigenvalue weighted by Gasteiger charge is 2.18. The van der Waals surface area contributed by atoms with Crippen LogP contribution in [0.15, 0.2) is 18.2 Å². The molecule has 1 unspecified atom stereocenters. The van der Waals surface area contributed by atoms with Gasteiger partial charge in [0.2, 0.25) is 5.91 Å². The predicted molar refractivity (Wildman–Crippen MR) is 80.3 cm³/mol. The number of nitrogens with zero attached hydrogens (tertiary/aromatic N) is 1. The highest BCUT2D eigenvalue weighted by molar-refractivity contribution is 5.97. The molecule has 0 saturated carbocycles. The summed E-state index contributed by atoms with van der Waals surface area (Å²) in [5, 5.41) is 5.86. The van der Waals surface area contributed by atoms with Crippen LogP contribution in [0.25, 0.3) is 0 Å². The van der Waals surface area contributed by atoms with Crippen molar-refractivity contribution in [1.29, 1.82) is 0 Å². The van der Waals surface area contributed by atoms with Gasteiger partial charge in [0.15, 0.2) is 0 Å². The van der Waals surface area contributed by atoms with Crippen LogP contribution in [0.1, 0.15) is 16.8 Å². The zero-order valence-electron chi connectivity index (χ0n) is 12.7. The Labute approximate surface area is 128 Å². The van der Waals surface area contributed by atoms with Crippen LogP contribution in [0, 0.1) is 5.82 Å². The summed E-state index contributed by atoms with van der Waals surface area (Å²) >= 11 is 0. The fourth-order valence-electron chi connectivity index (χ4n) is 2.19. The molecular weight excluding hydrogens is 289 g/mol. The van der Waals surface area contributed by atoms with E-state index in [-0.39, 0.29) is 23.9 Å². The maximum Gasteiger partial charge on any atom is 0.256 e. The SMILES string of the molecule is CN(C)C(=O)c1cc(NC(=O)CC2COCCN2)ccc1F. The number of morpholine rings is 1. The van der Waals surface area contributed by atoms with Gasteiger partial charge in [0.05, 0.1) is 18.8 Å². The van der Waals surface area contributed by atoms with E-state index >= 15 is 0 Å². The lowest BCUT2D eigenvalue weighted by atomic mass is 10.1. The van der Waals surface area contributed by atoms with Gasteiger partial charge in [0.25, 0.3) is 5.91 Å². The fourth-order valence-corrected chi connectivity index (χ4v) is 2.19. The van der Waals surface area contributed by atoms with Gasteiger partial charge in [-0.3, -0.25) is 9.59 Å². The lowest BCUT2D eigenvalue weighted by Crippen LogP contribution is -2.43. The summed E-state index contributed by atoms with van der Waals surface area (Å²) in [6.07, 6.45) is 0.258. The molecule has 0 spiro atoms. The van der Waals surface area contributed by atoms with Gasteiger partial charge in [-0.1, -0.05) is 0 Å². The Morgan fingerprint density at radius 1 is 1.45 bits per heavy atom. The van der Waals surface area contributed by atoms with Gasteiger partial charge in [-0.2, -0.15) is 0 Å². The van der Waals surface area contributed by atoms with E-state index in [1.165, 1.54) is 23.1 Å². The first-order valence-corrected chi connectivity index (χ1v) is 7.09. The minimum absolute atomic E-state index is 0.0305. The molecule has 2 amide bonds. The average Bonchev–Trinajstić information content (AvgIpc) is 2.49. The highest BCUT2D eigenvalue weighted by Crippen LogP contribution is 2.16. The highest BCUT2D eigenvalue weighted by atomic mass is 19.1. The summed E-state index contributed by atoms with van der Waals surface area (Å²) in [5.41, 5.74) is 0.329. The van der Waals surface area contributed by atoms with Gasteiger partial charge in [0, 0.05) is 38.8 Å². The minimum atomic E-state index is -0.612. The second-order valence-electron chi connectivity index (χ2n) is 5.37. The van der Waals surface area contributed by atoms with Gasteiger partial charge in [0.1, 0.15) is 5.82 Å². The van der Waals surface area contributed by atoms with E-state index in [2.05, 4.69) is 10.6 Å². The molecule has 1 aromatic rings. The lowest BCUT2D eigenvalue weighted by Gasteiger charge is -2.23. The first-order chi connectivity index (χ1) is 10.5. The third kappa shape index (κ3) is 4.25. The van der Waals surface area contributed by atoms with E-state index in [9.17, 15) is 14.0 Å². The summed E-state index contributed by atoms with van der Waals surface area (Å²) in [4.78, 5) is 25.1. The molecular formula is C15H20FN3O3. The van der Waals surface area contributed by atoms with Crippen molar-refractivity contribution in [3.63, 3.8) is 0 Å². The van der Waals surface area contributed by atoms with Gasteiger partial charge in [-0.05, 0) is 18.2 Å². The molecule has 0 aliphatic carbocycles. The standard InChI is InChI=1S/C15H20FN3O3/c1-19(2)15(21)12-7-10(3-4-13(12)16)18-14(20)8-11-9-22-6-5-17-11/h3-4,7,11,17H,5-6,8-9H2,1-2H3,(H,18,20). The molecule has 7 heteroatoms. The van der Waals surface area contributed by atoms with E-state index < -0.39 is 11.7 Å². The molecule has 1 saturated heterocycles. The predicted octanol–water partition coefficient (Wildman–Crippen LogP) is 0.845. The Balaban J connectivity index is 2.01. The molecule has 0 bridgehead atoms. The number of anilines is 1. The van der Waals surface area contributed by atoms with Crippen molar-refractivity contribution < 1.29 is 18.7 Å². The van der Waals surface area contributed by atoms with Crippen molar-refractivity contribution in [2.24, 2.45) is 0 Å². The summed E-state index contributed by atoms with van der Waals surface area (Å²) in [7, 11) is 3.09. The van der Waals surface area contributed by atoms with Crippen LogP contribution in [0.5, 0.6) is 0 Å². The Hall–Kier alpha value is -1.99. The smallest absolute Gasteiger partial charge is 0.256 e. The first-order valence-electron chi connectivity index (χ1n) is 7.09. The Kier molecular flexibility index (Phi) is 5.46. The van der Waals surface area contributed by atoms with Crippen LogP contribution in [0.3, 0.4) is 0 Å². The number of ether oxygens (including phenoxy) is 1. The van der Waals surface area contributed by atoms with E-state index in [1.54, 1.807) is 14.1 Å². The monoisotopic (exact) mass is 309 g/mol. The maximum atomic E-state index is 13.7. The van der Waals surface area contributed by atoms with Crippen LogP contribution < -0.4 is 10.6 Å². The zero-order chi connectivity index (χ0) is 16.1. The van der Waals surface area contributed by atoms with E-state index in [4.69, 9.17) is 4.74 Å². The van der Waals surface area contributed by atoms with Crippen LogP contribution in [-0.2, 0) is 9.53 Å². The number of benzene rings is 1. The Morgan fingerprint density at radius 2 is 2.23 bits per heavy atom. The largest absolute Gasteiger partial charge is 0.378 e. The Bertz CT molecular complexity index is 557. The van der Waals surface area contributed by atoms with Crippen LogP contribution >= 0.6 is 0 Å². The summed E-state index contributed by atoms with van der Waals surface area (Å²) < 4.78 is 19.0. The summed E-state index contributed by atoms with van der Waals surface area (Å²) in [6.45, 7) is 1.85. The van der Waals surface area contributed by atoms with Gasteiger partial charge in [-0.25, -0.2) is 4.39 Å². The third-order valence-corrected chi connectivity index (χ3v) is 3.32. The van der Waals surface area contributed by atoms with E-state index in [1.807, 2.05) is 0 Å². The van der Waals surface area contributed by atoms with Crippen LogP contribution in [-0.4, -0.2) is 56.6 Å². The molecule has 1 aliphatic heterocycles. The van der Waals surface area contributed by atoms with Gasteiger partial charge < -0.3 is 20.3 Å². The normalized spacial score (nSPS) is 17.9. The molecule has 1 atom stereocenters. The topological polar surface area (TPSA) is 70.7 Å². The van der Waals surface area contributed by atoms with E-state index in [0.717, 1.165) is 6.54 Å². The molecule has 0 radical (unpaired) electrons. The average molecular weight is 309 g/mol. The summed E-state index contributed by atoms with van der Waals surface area (Å²) in [6, 6.07) is 3.93. The zero-order valence-corrected chi connectivity index (χ0v) is 12.7. The van der Waals surface area contributed by atoms with Gasteiger partial charge >= 0.3 is 0 Å². The Morgan fingerprint density at radius 3 is 2.86 bits per heavy atom. The van der Waals surface area contributed by atoms with Gasteiger partial charge in [-0.15, -0.1) is 0 Å². The second-order valence-corrected chi connectivity index (χ2v) is 5.37. The second kappa shape index (κ2) is 7.33. The number of carbonyl (C=O) groups excluding carboxylic acids is 2. The van der Waals surface area contributed by atoms with Crippen molar-refractivity contribution in [3.05, 3.63) is 29.6 Å². The van der Waals surface area contributed by atoms with Crippen LogP contribution in [0.4, 0.5) is 10.1 Å². The lowest BCUT2D eigenvalue weighted by molar-refractivity contribution is -0.117. The maximum absolute atomic E-state index is 13.7. The van der Waals surface area contributed by atoms with Crippen molar-refractivity contribution in [1.82, 2.24) is 10.2 Å². The number of amides is 2. The molecule has 0 aromatic heterocycles. The number of carbonyl (C=O) groups is 2. The third-order valence-electron chi connectivity index (χ3n) is 3.32. The number of hydrogen-bond donors (Lipinski definition) is 2. The van der Waals surface area contributed by atoms with Crippen molar-refractivity contribution in [3.8, 4) is 0 Å². The quantitative estimate of drug-likeness (QED) is 0.865. The molecule has 120 valence electrons. The molecule has 2 N–H and O–H groups in total. The molecule has 1 aliphatic rings. The molecule has 1 aromatic carbocycles. The number of nitrogens with one attached hydrogen (secondary N) is 2. The number of halogens is 1. The first kappa shape index (κ1) is 16.4. The fraction of sp³-hybridized carbons (Fsp3) is 0.467. The molecule has 6 nitrogen and oxygen atoms in total. The summed E-state index contributed by atoms with van der Waals surface area (Å²) in [5.74, 6) is -1.27. The molecule has 1 fully saturated rings. The van der Waals surface area contributed by atoms with E-state index in [0.29, 0.717) is 18.9 Å². The minimum Gasteiger partial charge on any atom is -0.378 e.